The van der Waals surface area contributed by atoms with Crippen LogP contribution in [0.2, 0.25) is 0 Å². The zero-order valence-corrected chi connectivity index (χ0v) is 18.3. The monoisotopic (exact) mass is 381 g/mol. The molecular weight excluding hydrogens is 350 g/mol. The molecule has 0 saturated heterocycles. The minimum Gasteiger partial charge on any atom is -0.198 e. The number of benzene rings is 3. The molecule has 3 aromatic carbocycles. The molecule has 0 aliphatic carbocycles. The van der Waals surface area contributed by atoms with Gasteiger partial charge in [0.15, 0.2) is 5.69 Å². The Balaban J connectivity index is 2.07. The summed E-state index contributed by atoms with van der Waals surface area (Å²) in [5.74, 6) is 0.473. The van der Waals surface area contributed by atoms with E-state index in [1.807, 2.05) is 6.07 Å². The lowest BCUT2D eigenvalue weighted by molar-refractivity contribution is -0.665. The van der Waals surface area contributed by atoms with Crippen LogP contribution in [0.3, 0.4) is 0 Å². The van der Waals surface area contributed by atoms with Gasteiger partial charge in [-0.2, -0.15) is 4.57 Å². The van der Waals surface area contributed by atoms with Crippen LogP contribution in [-0.2, 0) is 7.05 Å². The molecule has 0 radical (unpaired) electrons. The van der Waals surface area contributed by atoms with Crippen molar-refractivity contribution < 1.29 is 5.94 Å². The highest BCUT2D eigenvalue weighted by molar-refractivity contribution is 5.96. The summed E-state index contributed by atoms with van der Waals surface area (Å²) in [7, 11) is 2.09. The van der Waals surface area contributed by atoms with E-state index in [1.54, 1.807) is 0 Å². The number of hydrogen-bond donors (Lipinski definition) is 0. The fourth-order valence-electron chi connectivity index (χ4n) is 4.08. The number of nitrogens with zero attached hydrogens (tertiary/aromatic N) is 1. The van der Waals surface area contributed by atoms with Crippen LogP contribution in [0.5, 0.6) is 0 Å². The molecular formula is C28H30N+. The molecule has 29 heavy (non-hydrogen) atoms. The second-order valence-corrected chi connectivity index (χ2v) is 8.41. The highest BCUT2D eigenvalue weighted by Crippen LogP contribution is 2.34. The normalized spacial score (nSPS) is 11.9. The topological polar surface area (TPSA) is 3.88 Å². The van der Waals surface area contributed by atoms with Gasteiger partial charge in [0.05, 0.1) is 12.3 Å². The highest BCUT2D eigenvalue weighted by Gasteiger charge is 2.21. The minimum absolute atomic E-state index is 0.473. The van der Waals surface area contributed by atoms with E-state index >= 15 is 0 Å². The van der Waals surface area contributed by atoms with Crippen molar-refractivity contribution in [1.82, 2.24) is 0 Å². The van der Waals surface area contributed by atoms with Crippen LogP contribution in [0.4, 0.5) is 0 Å². The molecule has 0 fully saturated rings. The van der Waals surface area contributed by atoms with Gasteiger partial charge in [-0.1, -0.05) is 56.3 Å². The standard InChI is InChI=1S/C28H30N/c1-18(2)24-14-19(3)21(5)27(17-24)28-26-13-12-23(22-10-8-7-9-11-22)16-25(26)15-20(4)29(28)6/h7-18H,1-6H3/q+1/i15D. The number of pyridine rings is 1. The molecule has 1 aromatic heterocycles. The summed E-state index contributed by atoms with van der Waals surface area (Å²) < 4.78 is 11.0. The van der Waals surface area contributed by atoms with Crippen LogP contribution in [-0.4, -0.2) is 0 Å². The Morgan fingerprint density at radius 3 is 2.28 bits per heavy atom. The smallest absolute Gasteiger partial charge is 0.198 e. The van der Waals surface area contributed by atoms with Gasteiger partial charge in [-0.15, -0.1) is 0 Å². The Kier molecular flexibility index (Phi) is 4.67. The molecule has 4 aromatic rings. The summed E-state index contributed by atoms with van der Waals surface area (Å²) in [6, 6.07) is 22.2. The van der Waals surface area contributed by atoms with Crippen molar-refractivity contribution in [3.05, 3.63) is 89.1 Å². The highest BCUT2D eigenvalue weighted by atomic mass is 14.9. The first-order valence-electron chi connectivity index (χ1n) is 10.9. The fraction of sp³-hybridized carbons (Fsp3) is 0.250. The Morgan fingerprint density at radius 1 is 0.862 bits per heavy atom. The van der Waals surface area contributed by atoms with Crippen LogP contribution in [0.15, 0.2) is 66.7 Å². The van der Waals surface area contributed by atoms with Gasteiger partial charge < -0.3 is 0 Å². The third-order valence-electron chi connectivity index (χ3n) is 6.15. The van der Waals surface area contributed by atoms with Gasteiger partial charge in [0.2, 0.25) is 5.69 Å². The van der Waals surface area contributed by atoms with Gasteiger partial charge >= 0.3 is 0 Å². The zero-order chi connectivity index (χ0) is 21.6. The van der Waals surface area contributed by atoms with Crippen molar-refractivity contribution in [2.45, 2.75) is 40.5 Å². The van der Waals surface area contributed by atoms with Crippen molar-refractivity contribution >= 4 is 10.8 Å². The Morgan fingerprint density at radius 2 is 1.59 bits per heavy atom. The number of aryl methyl sites for hydroxylation is 1. The van der Waals surface area contributed by atoms with Crippen molar-refractivity contribution in [1.29, 1.82) is 0 Å². The Bertz CT molecular complexity index is 1250. The maximum atomic E-state index is 8.83. The predicted molar refractivity (Wildman–Crippen MR) is 124 cm³/mol. The molecule has 1 heterocycles. The summed E-state index contributed by atoms with van der Waals surface area (Å²) in [6.07, 6.45) is 0. The molecule has 0 N–H and O–H groups in total. The molecule has 146 valence electrons. The lowest BCUT2D eigenvalue weighted by atomic mass is 9.90. The maximum Gasteiger partial charge on any atom is 0.220 e. The second kappa shape index (κ2) is 7.48. The molecule has 0 aliphatic rings. The van der Waals surface area contributed by atoms with Gasteiger partial charge in [-0.25, -0.2) is 0 Å². The van der Waals surface area contributed by atoms with E-state index in [4.69, 9.17) is 1.37 Å². The SMILES string of the molecule is [2H]c1c(C)[n+](C)c(-c2cc(C(C)C)cc(C)c2C)c2ccc(-c3ccccc3)cc12. The molecule has 0 spiro atoms. The second-order valence-electron chi connectivity index (χ2n) is 8.41. The van der Waals surface area contributed by atoms with Gasteiger partial charge in [0.25, 0.3) is 0 Å². The molecule has 0 unspecified atom stereocenters. The first-order chi connectivity index (χ1) is 14.3. The van der Waals surface area contributed by atoms with Crippen molar-refractivity contribution in [3.63, 3.8) is 0 Å². The third-order valence-corrected chi connectivity index (χ3v) is 6.15. The van der Waals surface area contributed by atoms with Gasteiger partial charge in [-0.05, 0) is 71.2 Å². The molecule has 0 atom stereocenters. The maximum absolute atomic E-state index is 8.83. The molecule has 0 aliphatic heterocycles. The van der Waals surface area contributed by atoms with Crippen LogP contribution in [0.1, 0.15) is 43.5 Å². The average molecular weight is 382 g/mol. The van der Waals surface area contributed by atoms with Gasteiger partial charge in [-0.3, -0.25) is 0 Å². The van der Waals surface area contributed by atoms with Crippen molar-refractivity contribution in [2.24, 2.45) is 7.05 Å². The summed E-state index contributed by atoms with van der Waals surface area (Å²) >= 11 is 0. The van der Waals surface area contributed by atoms with Gasteiger partial charge in [0, 0.05) is 13.0 Å². The largest absolute Gasteiger partial charge is 0.220 e. The fourth-order valence-corrected chi connectivity index (χ4v) is 4.08. The van der Waals surface area contributed by atoms with Crippen LogP contribution < -0.4 is 4.57 Å². The number of fused-ring (bicyclic) bond motifs is 1. The Hall–Kier alpha value is -2.93. The Labute approximate surface area is 176 Å². The van der Waals surface area contributed by atoms with Crippen LogP contribution in [0.25, 0.3) is 33.2 Å². The van der Waals surface area contributed by atoms with E-state index in [1.165, 1.54) is 33.5 Å². The zero-order valence-electron chi connectivity index (χ0n) is 19.3. The summed E-state index contributed by atoms with van der Waals surface area (Å²) in [4.78, 5) is 0. The van der Waals surface area contributed by atoms with Gasteiger partial charge in [0.1, 0.15) is 7.05 Å². The summed E-state index contributed by atoms with van der Waals surface area (Å²) in [5.41, 5.74) is 9.76. The molecule has 0 saturated carbocycles. The molecule has 1 heteroatoms. The average Bonchev–Trinajstić information content (AvgIpc) is 2.75. The molecule has 4 rings (SSSR count). The number of hydrogen-bond acceptors (Lipinski definition) is 0. The first-order valence-corrected chi connectivity index (χ1v) is 10.4. The first kappa shape index (κ1) is 18.1. The molecule has 0 amide bonds. The summed E-state index contributed by atoms with van der Waals surface area (Å²) in [6.45, 7) is 11.0. The molecule has 0 bridgehead atoms. The quantitative estimate of drug-likeness (QED) is 0.335. The van der Waals surface area contributed by atoms with E-state index in [0.29, 0.717) is 12.0 Å². The third kappa shape index (κ3) is 3.46. The van der Waals surface area contributed by atoms with E-state index in [-0.39, 0.29) is 0 Å². The predicted octanol–water partition coefficient (Wildman–Crippen LogP) is 7.05. The van der Waals surface area contributed by atoms with Crippen LogP contribution in [0, 0.1) is 20.8 Å². The lowest BCUT2D eigenvalue weighted by Gasteiger charge is -2.16. The van der Waals surface area contributed by atoms with E-state index in [9.17, 15) is 0 Å². The lowest BCUT2D eigenvalue weighted by Crippen LogP contribution is -2.35. The molecule has 1 nitrogen and oxygen atoms in total. The summed E-state index contributed by atoms with van der Waals surface area (Å²) in [5, 5.41) is 2.14. The van der Waals surface area contributed by atoms with Crippen molar-refractivity contribution in [2.75, 3.05) is 0 Å². The van der Waals surface area contributed by atoms with E-state index in [0.717, 1.165) is 22.0 Å². The van der Waals surface area contributed by atoms with Crippen molar-refractivity contribution in [3.8, 4) is 22.4 Å². The minimum atomic E-state index is 0.473. The van der Waals surface area contributed by atoms with Crippen LogP contribution >= 0.6 is 0 Å². The van der Waals surface area contributed by atoms with E-state index in [2.05, 4.69) is 101 Å². The number of aromatic nitrogens is 1. The number of rotatable bonds is 3. The van der Waals surface area contributed by atoms with E-state index < -0.39 is 0 Å².